The van der Waals surface area contributed by atoms with E-state index in [-0.39, 0.29) is 47.1 Å². The normalized spacial score (nSPS) is 21.3. The predicted molar refractivity (Wildman–Crippen MR) is 179 cm³/mol. The van der Waals surface area contributed by atoms with Crippen LogP contribution in [0.5, 0.6) is 0 Å². The van der Waals surface area contributed by atoms with Gasteiger partial charge in [0.2, 0.25) is 5.91 Å². The number of piperidine rings is 2. The first-order chi connectivity index (χ1) is 22.8. The van der Waals surface area contributed by atoms with Crippen molar-refractivity contribution in [3.8, 4) is 5.69 Å². The fourth-order valence-electron chi connectivity index (χ4n) is 7.91. The minimum absolute atomic E-state index is 0.0251. The number of halogens is 1. The van der Waals surface area contributed by atoms with Crippen LogP contribution >= 0.6 is 0 Å². The molecule has 0 unspecified atom stereocenters. The molecule has 3 atom stereocenters. The van der Waals surface area contributed by atoms with Crippen LogP contribution in [0.2, 0.25) is 0 Å². The molecular weight excluding hydrogens is 613 g/mol. The molecule has 256 valence electrons. The van der Waals surface area contributed by atoms with Crippen LogP contribution in [0.1, 0.15) is 94.4 Å². The summed E-state index contributed by atoms with van der Waals surface area (Å²) in [6, 6.07) is 5.34. The number of carbonyl (C=O) groups is 4. The highest BCUT2D eigenvalue weighted by Gasteiger charge is 2.53. The number of aromatic nitrogens is 2. The number of hydrogen-bond donors (Lipinski definition) is 0. The molecule has 4 heterocycles. The third-order valence-electron chi connectivity index (χ3n) is 10.2. The van der Waals surface area contributed by atoms with Gasteiger partial charge in [0.15, 0.2) is 5.78 Å². The van der Waals surface area contributed by atoms with Crippen molar-refractivity contribution < 1.29 is 28.3 Å². The second-order valence-corrected chi connectivity index (χ2v) is 14.7. The minimum Gasteiger partial charge on any atom is -0.444 e. The van der Waals surface area contributed by atoms with Crippen molar-refractivity contribution in [3.63, 3.8) is 0 Å². The molecular formula is C37H46FN5O5. The molecule has 1 saturated carbocycles. The van der Waals surface area contributed by atoms with Crippen LogP contribution in [-0.4, -0.2) is 91.3 Å². The van der Waals surface area contributed by atoms with Crippen molar-refractivity contribution in [1.29, 1.82) is 0 Å². The van der Waals surface area contributed by atoms with Crippen molar-refractivity contribution in [2.75, 3.05) is 19.6 Å². The topological polar surface area (TPSA) is 105 Å². The van der Waals surface area contributed by atoms with Crippen LogP contribution < -0.4 is 0 Å². The summed E-state index contributed by atoms with van der Waals surface area (Å²) in [5, 5.41) is 0.697. The van der Waals surface area contributed by atoms with Gasteiger partial charge < -0.3 is 19.1 Å². The first kappa shape index (κ1) is 33.6. The van der Waals surface area contributed by atoms with E-state index in [1.165, 1.54) is 12.1 Å². The molecule has 2 saturated heterocycles. The Bertz CT molecular complexity index is 1740. The van der Waals surface area contributed by atoms with E-state index in [4.69, 9.17) is 4.74 Å². The quantitative estimate of drug-likeness (QED) is 0.278. The lowest BCUT2D eigenvalue weighted by Crippen LogP contribution is -2.56. The van der Waals surface area contributed by atoms with Gasteiger partial charge in [-0.3, -0.25) is 24.3 Å². The largest absolute Gasteiger partial charge is 0.444 e. The zero-order valence-corrected chi connectivity index (χ0v) is 28.7. The van der Waals surface area contributed by atoms with Gasteiger partial charge in [-0.1, -0.05) is 0 Å². The predicted octanol–water partition coefficient (Wildman–Crippen LogP) is 6.24. The summed E-state index contributed by atoms with van der Waals surface area (Å²) in [7, 11) is 0. The molecule has 0 N–H and O–H groups in total. The van der Waals surface area contributed by atoms with E-state index in [1.54, 1.807) is 45.1 Å². The Balaban J connectivity index is 1.22. The third kappa shape index (κ3) is 6.19. The number of rotatable bonds is 7. The number of Topliss-reactive ketones (excluding diaryl/α,β-unsaturated/α-hetero) is 1. The average molecular weight is 660 g/mol. The number of likely N-dealkylation sites (tertiary alicyclic amines) is 2. The third-order valence-corrected chi connectivity index (χ3v) is 10.2. The SMILES string of the molecule is CCN(C(=O)c1cc(F)ccc1-n1cc(C(=O)C2CCN(C(=O)[C@@H]3[C@H]4CC[C@H](C4)N3C(=O)OC(C)(C)C)CC2)c2ccncc21)C(C)C. The van der Waals surface area contributed by atoms with E-state index in [2.05, 4.69) is 4.98 Å². The second kappa shape index (κ2) is 13.0. The zero-order chi connectivity index (χ0) is 34.5. The molecule has 0 radical (unpaired) electrons. The van der Waals surface area contributed by atoms with E-state index < -0.39 is 23.6 Å². The molecule has 3 aliphatic rings. The molecule has 1 aromatic carbocycles. The molecule has 11 heteroatoms. The van der Waals surface area contributed by atoms with Crippen LogP contribution in [0.25, 0.3) is 16.6 Å². The summed E-state index contributed by atoms with van der Waals surface area (Å²) in [5.41, 5.74) is 1.17. The Kier molecular flexibility index (Phi) is 9.08. The van der Waals surface area contributed by atoms with Crippen molar-refractivity contribution >= 4 is 34.6 Å². The van der Waals surface area contributed by atoms with E-state index >= 15 is 0 Å². The Morgan fingerprint density at radius 3 is 2.44 bits per heavy atom. The lowest BCUT2D eigenvalue weighted by Gasteiger charge is -2.39. The van der Waals surface area contributed by atoms with Crippen molar-refractivity contribution in [2.24, 2.45) is 11.8 Å². The Hall–Kier alpha value is -4.28. The Morgan fingerprint density at radius 1 is 1.04 bits per heavy atom. The van der Waals surface area contributed by atoms with Crippen LogP contribution in [0.4, 0.5) is 9.18 Å². The fourth-order valence-corrected chi connectivity index (χ4v) is 7.91. The van der Waals surface area contributed by atoms with Crippen LogP contribution in [0, 0.1) is 17.7 Å². The summed E-state index contributed by atoms with van der Waals surface area (Å²) in [6.45, 7) is 12.5. The van der Waals surface area contributed by atoms with Gasteiger partial charge in [0, 0.05) is 61.0 Å². The second-order valence-electron chi connectivity index (χ2n) is 14.7. The number of nitrogens with zero attached hydrogens (tertiary/aromatic N) is 5. The zero-order valence-electron chi connectivity index (χ0n) is 28.7. The van der Waals surface area contributed by atoms with Crippen molar-refractivity contribution in [2.45, 2.75) is 97.4 Å². The number of hydrogen-bond acceptors (Lipinski definition) is 6. The van der Waals surface area contributed by atoms with Gasteiger partial charge in [0.1, 0.15) is 17.5 Å². The summed E-state index contributed by atoms with van der Waals surface area (Å²) < 4.78 is 22.0. The maximum Gasteiger partial charge on any atom is 0.411 e. The molecule has 48 heavy (non-hydrogen) atoms. The minimum atomic E-state index is -0.651. The van der Waals surface area contributed by atoms with Gasteiger partial charge in [0.25, 0.3) is 5.91 Å². The number of fused-ring (bicyclic) bond motifs is 3. The number of amides is 3. The monoisotopic (exact) mass is 659 g/mol. The first-order valence-corrected chi connectivity index (χ1v) is 17.2. The summed E-state index contributed by atoms with van der Waals surface area (Å²) in [5.74, 6) is -1.10. The van der Waals surface area contributed by atoms with Crippen LogP contribution in [0.15, 0.2) is 42.9 Å². The molecule has 2 aliphatic heterocycles. The number of benzene rings is 1. The maximum absolute atomic E-state index is 14.5. The first-order valence-electron chi connectivity index (χ1n) is 17.2. The van der Waals surface area contributed by atoms with Gasteiger partial charge in [-0.25, -0.2) is 9.18 Å². The Labute approximate surface area is 281 Å². The number of ketones is 1. The fraction of sp³-hybridized carbons (Fsp3) is 0.541. The van der Waals surface area contributed by atoms with Gasteiger partial charge in [-0.15, -0.1) is 0 Å². The van der Waals surface area contributed by atoms with E-state index in [9.17, 15) is 23.6 Å². The average Bonchev–Trinajstić information content (AvgIpc) is 3.77. The Morgan fingerprint density at radius 2 is 1.77 bits per heavy atom. The van der Waals surface area contributed by atoms with Gasteiger partial charge >= 0.3 is 6.09 Å². The maximum atomic E-state index is 14.5. The summed E-state index contributed by atoms with van der Waals surface area (Å²) in [6.07, 6.45) is 8.20. The molecule has 6 rings (SSSR count). The highest BCUT2D eigenvalue weighted by molar-refractivity contribution is 6.10. The molecule has 2 bridgehead atoms. The smallest absolute Gasteiger partial charge is 0.411 e. The molecule has 3 amide bonds. The molecule has 0 spiro atoms. The van der Waals surface area contributed by atoms with Gasteiger partial charge in [-0.2, -0.15) is 0 Å². The number of pyridine rings is 1. The molecule has 3 aromatic rings. The lowest BCUT2D eigenvalue weighted by molar-refractivity contribution is -0.139. The number of ether oxygens (including phenoxy) is 1. The molecule has 10 nitrogen and oxygen atoms in total. The van der Waals surface area contributed by atoms with Gasteiger partial charge in [-0.05, 0) is 104 Å². The highest BCUT2D eigenvalue weighted by atomic mass is 19.1. The molecule has 1 aliphatic carbocycles. The van der Waals surface area contributed by atoms with Gasteiger partial charge in [0.05, 0.1) is 23.0 Å². The van der Waals surface area contributed by atoms with Crippen LogP contribution in [0.3, 0.4) is 0 Å². The molecule has 3 fully saturated rings. The highest BCUT2D eigenvalue weighted by Crippen LogP contribution is 2.44. The van der Waals surface area contributed by atoms with Crippen molar-refractivity contribution in [1.82, 2.24) is 24.3 Å². The standard InChI is InChI=1S/C37H46FN5O5/c1-7-41(22(2)3)34(45)28-19-25(38)9-11-30(28)42-21-29(27-12-15-39-20-31(27)42)33(44)23-13-16-40(17-14-23)35(46)32-24-8-10-26(18-24)43(32)36(47)48-37(4,5)6/h9,11-12,15,19-24,26,32H,7-8,10,13-14,16-18H2,1-6H3/t24-,26+,32-/m0/s1. The lowest BCUT2D eigenvalue weighted by atomic mass is 9.88. The summed E-state index contributed by atoms with van der Waals surface area (Å²) >= 11 is 0. The van der Waals surface area contributed by atoms with E-state index in [0.717, 1.165) is 19.3 Å². The van der Waals surface area contributed by atoms with Crippen LogP contribution in [-0.2, 0) is 9.53 Å². The van der Waals surface area contributed by atoms with E-state index in [0.29, 0.717) is 54.6 Å². The van der Waals surface area contributed by atoms with E-state index in [1.807, 2.05) is 46.4 Å². The summed E-state index contributed by atoms with van der Waals surface area (Å²) in [4.78, 5) is 64.3. The number of carbonyl (C=O) groups excluding carboxylic acids is 4. The van der Waals surface area contributed by atoms with Crippen molar-refractivity contribution in [3.05, 3.63) is 59.8 Å². The molecule has 2 aromatic heterocycles.